The first kappa shape index (κ1) is 28.7. The van der Waals surface area contributed by atoms with Crippen LogP contribution in [0, 0.1) is 11.8 Å². The Morgan fingerprint density at radius 2 is 1.95 bits per heavy atom. The Morgan fingerprint density at radius 3 is 2.66 bits per heavy atom. The molecule has 0 saturated carbocycles. The molecule has 212 valence electrons. The number of amides is 2. The highest BCUT2D eigenvalue weighted by Gasteiger charge is 2.75. The summed E-state index contributed by atoms with van der Waals surface area (Å²) in [5, 5.41) is 9.52. The highest BCUT2D eigenvalue weighted by molar-refractivity contribution is 5.98. The highest BCUT2D eigenvalue weighted by Crippen LogP contribution is 2.58. The second-order valence-corrected chi connectivity index (χ2v) is 10.6. The minimum Gasteiger partial charge on any atom is -0.465 e. The topological polar surface area (TPSA) is 109 Å². The number of hydrogen-bond acceptors (Lipinski definition) is 8. The Hall–Kier alpha value is -2.27. The van der Waals surface area contributed by atoms with E-state index >= 15 is 0 Å². The van der Waals surface area contributed by atoms with E-state index in [9.17, 15) is 19.5 Å². The summed E-state index contributed by atoms with van der Waals surface area (Å²) in [6, 6.07) is -0.841. The Balaban J connectivity index is 1.53. The summed E-state index contributed by atoms with van der Waals surface area (Å²) in [6.07, 6.45) is 7.04. The zero-order valence-corrected chi connectivity index (χ0v) is 22.4. The quantitative estimate of drug-likeness (QED) is 0.189. The van der Waals surface area contributed by atoms with Crippen molar-refractivity contribution < 1.29 is 33.7 Å². The van der Waals surface area contributed by atoms with Crippen LogP contribution in [-0.2, 0) is 28.6 Å². The third kappa shape index (κ3) is 5.68. The lowest BCUT2D eigenvalue weighted by atomic mass is 9.70. The summed E-state index contributed by atoms with van der Waals surface area (Å²) in [4.78, 5) is 46.8. The van der Waals surface area contributed by atoms with Gasteiger partial charge in [-0.1, -0.05) is 12.2 Å². The normalized spacial score (nSPS) is 30.3. The number of aliphatic hydroxyl groups is 1. The van der Waals surface area contributed by atoms with Gasteiger partial charge in [0, 0.05) is 45.9 Å². The lowest BCUT2D eigenvalue weighted by Crippen LogP contribution is -2.57. The van der Waals surface area contributed by atoms with Gasteiger partial charge in [0.1, 0.15) is 11.6 Å². The standard InChI is InChI=1S/C28H43N3O7/c1-3-5-6-7-18-37-27(35)22-21-9-10-28(38-21)23(22)25(33)31(12-8-17-32)24(28)26(34)30(11-4-2)14-13-29-15-19-36-20-16-29/h3-4,21-24,32H,1-2,5-20H2/t21-,22+,23+,24?,28?/m1/s1. The number of carbonyl (C=O) groups excluding carboxylic acids is 3. The first-order valence-corrected chi connectivity index (χ1v) is 14.0. The molecule has 2 unspecified atom stereocenters. The monoisotopic (exact) mass is 533 g/mol. The van der Waals surface area contributed by atoms with Crippen LogP contribution in [0.3, 0.4) is 0 Å². The molecule has 2 amide bonds. The van der Waals surface area contributed by atoms with Gasteiger partial charge >= 0.3 is 5.97 Å². The molecule has 38 heavy (non-hydrogen) atoms. The van der Waals surface area contributed by atoms with Crippen LogP contribution in [0.5, 0.6) is 0 Å². The fourth-order valence-electron chi connectivity index (χ4n) is 6.55. The Labute approximate surface area is 225 Å². The average Bonchev–Trinajstić information content (AvgIpc) is 3.57. The Morgan fingerprint density at radius 1 is 1.16 bits per heavy atom. The lowest BCUT2D eigenvalue weighted by Gasteiger charge is -2.37. The third-order valence-electron chi connectivity index (χ3n) is 8.36. The maximum absolute atomic E-state index is 14.2. The van der Waals surface area contributed by atoms with E-state index in [-0.39, 0.29) is 31.6 Å². The minimum absolute atomic E-state index is 0.102. The third-order valence-corrected chi connectivity index (χ3v) is 8.36. The van der Waals surface area contributed by atoms with Crippen molar-refractivity contribution in [2.24, 2.45) is 11.8 Å². The number of allylic oxidation sites excluding steroid dienone is 1. The fraction of sp³-hybridized carbons (Fsp3) is 0.750. The molecule has 4 rings (SSSR count). The highest BCUT2D eigenvalue weighted by atomic mass is 16.6. The molecule has 4 fully saturated rings. The second-order valence-electron chi connectivity index (χ2n) is 10.6. The number of likely N-dealkylation sites (tertiary alicyclic amines) is 1. The molecule has 10 nitrogen and oxygen atoms in total. The number of carbonyl (C=O) groups is 3. The van der Waals surface area contributed by atoms with Gasteiger partial charge in [-0.2, -0.15) is 0 Å². The van der Waals surface area contributed by atoms with Crippen molar-refractivity contribution in [3.63, 3.8) is 0 Å². The van der Waals surface area contributed by atoms with Crippen LogP contribution in [0.25, 0.3) is 0 Å². The number of rotatable bonds is 15. The molecule has 4 aliphatic rings. The number of morpholine rings is 1. The molecule has 0 aliphatic carbocycles. The molecule has 5 atom stereocenters. The predicted octanol–water partition coefficient (Wildman–Crippen LogP) is 0.990. The molecule has 0 aromatic carbocycles. The van der Waals surface area contributed by atoms with E-state index in [1.165, 1.54) is 0 Å². The maximum atomic E-state index is 14.2. The number of ether oxygens (including phenoxy) is 3. The molecule has 0 radical (unpaired) electrons. The molecule has 1 N–H and O–H groups in total. The fourth-order valence-corrected chi connectivity index (χ4v) is 6.55. The summed E-state index contributed by atoms with van der Waals surface area (Å²) in [5.41, 5.74) is -1.06. The maximum Gasteiger partial charge on any atom is 0.312 e. The SMILES string of the molecule is C=CCCCCOC(=O)[C@@H]1[C@H]2C(=O)N(CCCO)C(C(=O)N(CC=C)CCN3CCOCC3)C23CC[C@H]1O3. The van der Waals surface area contributed by atoms with Gasteiger partial charge in [0.15, 0.2) is 0 Å². The lowest BCUT2D eigenvalue weighted by molar-refractivity contribution is -0.155. The van der Waals surface area contributed by atoms with Crippen molar-refractivity contribution in [1.82, 2.24) is 14.7 Å². The molecule has 0 aromatic heterocycles. The molecular formula is C28H43N3O7. The molecule has 4 saturated heterocycles. The molecule has 4 aliphatic heterocycles. The van der Waals surface area contributed by atoms with Gasteiger partial charge in [0.2, 0.25) is 11.8 Å². The Kier molecular flexibility index (Phi) is 9.97. The van der Waals surface area contributed by atoms with Gasteiger partial charge < -0.3 is 29.1 Å². The van der Waals surface area contributed by atoms with E-state index in [4.69, 9.17) is 14.2 Å². The second kappa shape index (κ2) is 13.2. The summed E-state index contributed by atoms with van der Waals surface area (Å²) in [6.45, 7) is 12.5. The summed E-state index contributed by atoms with van der Waals surface area (Å²) in [5.74, 6) is -2.32. The van der Waals surface area contributed by atoms with Gasteiger partial charge in [-0.25, -0.2) is 0 Å². The van der Waals surface area contributed by atoms with Crippen LogP contribution in [0.15, 0.2) is 25.3 Å². The average molecular weight is 534 g/mol. The van der Waals surface area contributed by atoms with Crippen LogP contribution in [-0.4, -0.2) is 121 Å². The van der Waals surface area contributed by atoms with Crippen LogP contribution in [0.4, 0.5) is 0 Å². The van der Waals surface area contributed by atoms with Crippen molar-refractivity contribution in [3.05, 3.63) is 25.3 Å². The van der Waals surface area contributed by atoms with Crippen LogP contribution in [0.2, 0.25) is 0 Å². The first-order valence-electron chi connectivity index (χ1n) is 14.0. The van der Waals surface area contributed by atoms with Crippen molar-refractivity contribution in [1.29, 1.82) is 0 Å². The predicted molar refractivity (Wildman–Crippen MR) is 140 cm³/mol. The zero-order valence-electron chi connectivity index (χ0n) is 22.4. The number of unbranched alkanes of at least 4 members (excludes halogenated alkanes) is 2. The van der Waals surface area contributed by atoms with Crippen molar-refractivity contribution in [2.45, 2.75) is 56.3 Å². The molecule has 1 spiro atoms. The summed E-state index contributed by atoms with van der Waals surface area (Å²) < 4.78 is 17.5. The number of hydrogen-bond donors (Lipinski definition) is 1. The zero-order chi connectivity index (χ0) is 27.1. The van der Waals surface area contributed by atoms with E-state index in [2.05, 4.69) is 18.1 Å². The largest absolute Gasteiger partial charge is 0.465 e. The van der Waals surface area contributed by atoms with Crippen LogP contribution in [0.1, 0.15) is 38.5 Å². The van der Waals surface area contributed by atoms with E-state index in [1.807, 2.05) is 6.08 Å². The van der Waals surface area contributed by atoms with Crippen LogP contribution < -0.4 is 0 Å². The number of fused-ring (bicyclic) bond motifs is 1. The minimum atomic E-state index is -1.06. The van der Waals surface area contributed by atoms with Crippen molar-refractivity contribution >= 4 is 17.8 Å². The van der Waals surface area contributed by atoms with Gasteiger partial charge in [-0.15, -0.1) is 13.2 Å². The Bertz CT molecular complexity index is 877. The molecule has 2 bridgehead atoms. The molecular weight excluding hydrogens is 490 g/mol. The van der Waals surface area contributed by atoms with Crippen LogP contribution >= 0.6 is 0 Å². The van der Waals surface area contributed by atoms with E-state index in [0.717, 1.165) is 32.4 Å². The number of esters is 1. The first-order chi connectivity index (χ1) is 18.5. The number of aliphatic hydroxyl groups excluding tert-OH is 1. The van der Waals surface area contributed by atoms with E-state index in [1.54, 1.807) is 15.9 Å². The van der Waals surface area contributed by atoms with Gasteiger partial charge in [-0.3, -0.25) is 19.3 Å². The van der Waals surface area contributed by atoms with Gasteiger partial charge in [0.05, 0.1) is 37.8 Å². The van der Waals surface area contributed by atoms with Crippen molar-refractivity contribution in [3.8, 4) is 0 Å². The molecule has 10 heteroatoms. The molecule has 0 aromatic rings. The summed E-state index contributed by atoms with van der Waals surface area (Å²) >= 11 is 0. The van der Waals surface area contributed by atoms with Gasteiger partial charge in [0.25, 0.3) is 0 Å². The van der Waals surface area contributed by atoms with E-state index in [0.29, 0.717) is 52.1 Å². The smallest absolute Gasteiger partial charge is 0.312 e. The van der Waals surface area contributed by atoms with Crippen molar-refractivity contribution in [2.75, 3.05) is 65.7 Å². The summed E-state index contributed by atoms with van der Waals surface area (Å²) in [7, 11) is 0. The molecule has 4 heterocycles. The number of nitrogens with zero attached hydrogens (tertiary/aromatic N) is 3. The van der Waals surface area contributed by atoms with Gasteiger partial charge in [-0.05, 0) is 38.5 Å². The van der Waals surface area contributed by atoms with E-state index < -0.39 is 35.6 Å².